The van der Waals surface area contributed by atoms with Crippen molar-refractivity contribution in [3.8, 4) is 5.75 Å². The fourth-order valence-corrected chi connectivity index (χ4v) is 5.24. The summed E-state index contributed by atoms with van der Waals surface area (Å²) in [7, 11) is 3.23. The number of hydrogen-bond donors (Lipinski definition) is 3. The van der Waals surface area contributed by atoms with E-state index in [-0.39, 0.29) is 11.8 Å². The van der Waals surface area contributed by atoms with E-state index in [1.807, 2.05) is 48.5 Å². The molecular weight excluding hydrogens is 434 g/mol. The van der Waals surface area contributed by atoms with Gasteiger partial charge in [-0.3, -0.25) is 15.0 Å². The van der Waals surface area contributed by atoms with Gasteiger partial charge in [-0.05, 0) is 28.8 Å². The average molecular weight is 464 g/mol. The third kappa shape index (κ3) is 5.74. The fourth-order valence-electron chi connectivity index (χ4n) is 3.68. The van der Waals surface area contributed by atoms with Gasteiger partial charge in [-0.25, -0.2) is 5.43 Å². The molecule has 0 aromatic heterocycles. The predicted octanol–water partition coefficient (Wildman–Crippen LogP) is 3.48. The molecule has 7 heteroatoms. The van der Waals surface area contributed by atoms with Crippen LogP contribution in [0.2, 0.25) is 0 Å². The highest BCUT2D eigenvalue weighted by Gasteiger charge is 2.38. The summed E-state index contributed by atoms with van der Waals surface area (Å²) in [4.78, 5) is 24.0. The van der Waals surface area contributed by atoms with Crippen LogP contribution in [0.1, 0.15) is 23.6 Å². The van der Waals surface area contributed by atoms with Gasteiger partial charge in [-0.15, -0.1) is 11.8 Å². The molecule has 3 aromatic carbocycles. The van der Waals surface area contributed by atoms with E-state index in [0.717, 1.165) is 22.4 Å². The largest absolute Gasteiger partial charge is 0.497 e. The van der Waals surface area contributed by atoms with Crippen LogP contribution in [0.3, 0.4) is 0 Å². The number of amides is 2. The van der Waals surface area contributed by atoms with Crippen LogP contribution >= 0.6 is 11.8 Å². The van der Waals surface area contributed by atoms with Crippen LogP contribution in [-0.4, -0.2) is 37.8 Å². The maximum absolute atomic E-state index is 12.6. The maximum Gasteiger partial charge on any atom is 0.239 e. The quantitative estimate of drug-likeness (QED) is 0.317. The lowest BCUT2D eigenvalue weighted by Gasteiger charge is -2.36. The number of carbonyl (C=O) groups excluding carboxylic acids is 2. The van der Waals surface area contributed by atoms with Gasteiger partial charge in [-0.2, -0.15) is 0 Å². The Labute approximate surface area is 199 Å². The number of benzene rings is 3. The molecule has 0 heterocycles. The number of carbonyl (C=O) groups is 2. The van der Waals surface area contributed by atoms with E-state index in [4.69, 9.17) is 4.74 Å². The van der Waals surface area contributed by atoms with E-state index >= 15 is 0 Å². The number of methoxy groups -OCH3 is 1. The van der Waals surface area contributed by atoms with E-state index in [1.54, 1.807) is 25.9 Å². The van der Waals surface area contributed by atoms with E-state index in [2.05, 4.69) is 52.6 Å². The zero-order valence-electron chi connectivity index (χ0n) is 19.0. The first-order valence-electron chi connectivity index (χ1n) is 10.6. The minimum atomic E-state index is -0.631. The van der Waals surface area contributed by atoms with Crippen molar-refractivity contribution < 1.29 is 14.3 Å². The van der Waals surface area contributed by atoms with Crippen molar-refractivity contribution in [3.05, 3.63) is 102 Å². The third-order valence-corrected chi connectivity index (χ3v) is 6.95. The normalized spacial score (nSPS) is 12.0. The van der Waals surface area contributed by atoms with E-state index < -0.39 is 10.8 Å². The van der Waals surface area contributed by atoms with Crippen LogP contribution in [0.5, 0.6) is 5.75 Å². The molecule has 0 saturated heterocycles. The van der Waals surface area contributed by atoms with Crippen molar-refractivity contribution in [1.29, 1.82) is 0 Å². The second-order valence-electron chi connectivity index (χ2n) is 7.45. The molecule has 0 spiro atoms. The molecule has 0 aliphatic heterocycles. The molecule has 0 aliphatic rings. The topological polar surface area (TPSA) is 79.5 Å². The second-order valence-corrected chi connectivity index (χ2v) is 8.68. The zero-order chi connectivity index (χ0) is 23.7. The highest BCUT2D eigenvalue weighted by atomic mass is 32.2. The Morgan fingerprint density at radius 1 is 0.879 bits per heavy atom. The number of hydrazine groups is 1. The van der Waals surface area contributed by atoms with Crippen LogP contribution in [0.25, 0.3) is 0 Å². The molecule has 0 bridgehead atoms. The maximum atomic E-state index is 12.6. The Kier molecular flexibility index (Phi) is 8.52. The van der Waals surface area contributed by atoms with Crippen molar-refractivity contribution in [3.63, 3.8) is 0 Å². The Bertz CT molecular complexity index is 1000. The van der Waals surface area contributed by atoms with Gasteiger partial charge < -0.3 is 10.1 Å². The van der Waals surface area contributed by atoms with Crippen molar-refractivity contribution in [2.45, 2.75) is 17.7 Å². The lowest BCUT2D eigenvalue weighted by Crippen LogP contribution is -2.52. The van der Waals surface area contributed by atoms with Gasteiger partial charge in [0, 0.05) is 19.7 Å². The SMILES string of the molecule is CNC(=O)[C@H](CSC(c1ccccc1)(c1ccccc1)c1ccc(OC)cc1)NNC(C)=O. The third-order valence-electron chi connectivity index (χ3n) is 5.31. The molecule has 0 unspecified atom stereocenters. The van der Waals surface area contributed by atoms with Gasteiger partial charge in [0.15, 0.2) is 0 Å². The molecule has 3 N–H and O–H groups in total. The van der Waals surface area contributed by atoms with Crippen molar-refractivity contribution >= 4 is 23.6 Å². The Hall–Kier alpha value is -3.29. The van der Waals surface area contributed by atoms with Gasteiger partial charge >= 0.3 is 0 Å². The molecule has 0 fully saturated rings. The number of ether oxygens (including phenoxy) is 1. The number of nitrogens with one attached hydrogen (secondary N) is 3. The van der Waals surface area contributed by atoms with Crippen LogP contribution in [0, 0.1) is 0 Å². The van der Waals surface area contributed by atoms with Crippen LogP contribution in [0.4, 0.5) is 0 Å². The van der Waals surface area contributed by atoms with Gasteiger partial charge in [0.25, 0.3) is 0 Å². The number of rotatable bonds is 10. The summed E-state index contributed by atoms with van der Waals surface area (Å²) in [5.74, 6) is 0.701. The number of thioether (sulfide) groups is 1. The van der Waals surface area contributed by atoms with Gasteiger partial charge in [0.1, 0.15) is 11.8 Å². The zero-order valence-corrected chi connectivity index (χ0v) is 19.8. The molecule has 0 saturated carbocycles. The first kappa shape index (κ1) is 24.4. The highest BCUT2D eigenvalue weighted by Crippen LogP contribution is 2.48. The molecular formula is C26H29N3O3S. The lowest BCUT2D eigenvalue weighted by atomic mass is 9.84. The Balaban J connectivity index is 2.12. The summed E-state index contributed by atoms with van der Waals surface area (Å²) >= 11 is 1.63. The molecule has 172 valence electrons. The second kappa shape index (κ2) is 11.5. The summed E-state index contributed by atoms with van der Waals surface area (Å²) in [6.45, 7) is 1.40. The molecule has 2 amide bonds. The van der Waals surface area contributed by atoms with Crippen LogP contribution in [-0.2, 0) is 14.3 Å². The summed E-state index contributed by atoms with van der Waals surface area (Å²) in [5.41, 5.74) is 8.64. The Morgan fingerprint density at radius 2 is 1.39 bits per heavy atom. The first-order valence-corrected chi connectivity index (χ1v) is 11.6. The highest BCUT2D eigenvalue weighted by molar-refractivity contribution is 8.00. The molecule has 3 aromatic rings. The van der Waals surface area contributed by atoms with Crippen LogP contribution < -0.4 is 20.9 Å². The molecule has 0 radical (unpaired) electrons. The molecule has 3 rings (SSSR count). The number of likely N-dealkylation sites (N-methyl/N-ethyl adjacent to an activating group) is 1. The molecule has 1 atom stereocenters. The monoisotopic (exact) mass is 463 g/mol. The predicted molar refractivity (Wildman–Crippen MR) is 133 cm³/mol. The first-order chi connectivity index (χ1) is 16.0. The van der Waals surface area contributed by atoms with Crippen molar-refractivity contribution in [2.75, 3.05) is 19.9 Å². The fraction of sp³-hybridized carbons (Fsp3) is 0.231. The van der Waals surface area contributed by atoms with E-state index in [0.29, 0.717) is 5.75 Å². The summed E-state index contributed by atoms with van der Waals surface area (Å²) in [6, 6.07) is 27.8. The minimum absolute atomic E-state index is 0.207. The Morgan fingerprint density at radius 3 is 1.85 bits per heavy atom. The minimum Gasteiger partial charge on any atom is -0.497 e. The van der Waals surface area contributed by atoms with Crippen LogP contribution in [0.15, 0.2) is 84.9 Å². The standard InChI is InChI=1S/C26H29N3O3S/c1-19(30)28-29-24(25(31)27-2)18-33-26(20-10-6-4-7-11-20,21-12-8-5-9-13-21)22-14-16-23(32-3)17-15-22/h4-17,24,29H,18H2,1-3H3,(H,27,31)(H,28,30)/t24-/m0/s1. The van der Waals surface area contributed by atoms with E-state index in [9.17, 15) is 9.59 Å². The van der Waals surface area contributed by atoms with Gasteiger partial charge in [0.2, 0.25) is 11.8 Å². The molecule has 33 heavy (non-hydrogen) atoms. The summed E-state index contributed by atoms with van der Waals surface area (Å²) < 4.78 is 4.78. The van der Waals surface area contributed by atoms with Gasteiger partial charge in [-0.1, -0.05) is 72.8 Å². The van der Waals surface area contributed by atoms with E-state index in [1.165, 1.54) is 6.92 Å². The van der Waals surface area contributed by atoms with Gasteiger partial charge in [0.05, 0.1) is 11.9 Å². The summed E-state index contributed by atoms with van der Waals surface area (Å²) in [5, 5.41) is 2.68. The molecule has 0 aliphatic carbocycles. The summed E-state index contributed by atoms with van der Waals surface area (Å²) in [6.07, 6.45) is 0. The van der Waals surface area contributed by atoms with Crippen molar-refractivity contribution in [2.24, 2.45) is 0 Å². The lowest BCUT2D eigenvalue weighted by molar-refractivity contribution is -0.123. The smallest absolute Gasteiger partial charge is 0.239 e. The van der Waals surface area contributed by atoms with Crippen molar-refractivity contribution in [1.82, 2.24) is 16.2 Å². The molecule has 6 nitrogen and oxygen atoms in total. The number of hydrogen-bond acceptors (Lipinski definition) is 5. The average Bonchev–Trinajstić information content (AvgIpc) is 2.87.